The van der Waals surface area contributed by atoms with Crippen LogP contribution in [-0.2, 0) is 7.05 Å². The van der Waals surface area contributed by atoms with Gasteiger partial charge in [-0.1, -0.05) is 0 Å². The van der Waals surface area contributed by atoms with Gasteiger partial charge >= 0.3 is 0 Å². The first-order valence-corrected chi connectivity index (χ1v) is 5.62. The van der Waals surface area contributed by atoms with E-state index in [1.165, 1.54) is 0 Å². The molecule has 2 heterocycles. The van der Waals surface area contributed by atoms with Crippen LogP contribution in [0.15, 0.2) is 12.3 Å². The van der Waals surface area contributed by atoms with E-state index in [1.54, 1.807) is 24.0 Å². The summed E-state index contributed by atoms with van der Waals surface area (Å²) in [5.41, 5.74) is 0.520. The molecule has 16 heavy (non-hydrogen) atoms. The zero-order valence-corrected chi connectivity index (χ0v) is 9.79. The number of aryl methyl sites for hydroxylation is 1. The van der Waals surface area contributed by atoms with Crippen LogP contribution in [0.3, 0.4) is 0 Å². The van der Waals surface area contributed by atoms with E-state index < -0.39 is 0 Å². The van der Waals surface area contributed by atoms with Crippen molar-refractivity contribution in [2.24, 2.45) is 7.05 Å². The van der Waals surface area contributed by atoms with Gasteiger partial charge in [0, 0.05) is 18.8 Å². The second-order valence-electron chi connectivity index (χ2n) is 4.60. The molecule has 0 unspecified atom stereocenters. The molecule has 1 aromatic rings. The van der Waals surface area contributed by atoms with Crippen molar-refractivity contribution in [3.8, 4) is 0 Å². The molecule has 1 aliphatic heterocycles. The quantitative estimate of drug-likeness (QED) is 0.756. The molecule has 0 radical (unpaired) electrons. The van der Waals surface area contributed by atoms with E-state index in [1.807, 2.05) is 0 Å². The SMILES string of the molecule is Cn1nccc1C(=O)NC1(C)CCNCC1. The Hall–Kier alpha value is -1.36. The van der Waals surface area contributed by atoms with Crippen LogP contribution < -0.4 is 10.6 Å². The largest absolute Gasteiger partial charge is 0.345 e. The summed E-state index contributed by atoms with van der Waals surface area (Å²) >= 11 is 0. The molecule has 88 valence electrons. The maximum Gasteiger partial charge on any atom is 0.269 e. The van der Waals surface area contributed by atoms with Gasteiger partial charge in [0.25, 0.3) is 5.91 Å². The summed E-state index contributed by atoms with van der Waals surface area (Å²) in [4.78, 5) is 12.0. The molecule has 0 spiro atoms. The average molecular weight is 222 g/mol. The molecular formula is C11H18N4O. The van der Waals surface area contributed by atoms with E-state index in [4.69, 9.17) is 0 Å². The summed E-state index contributed by atoms with van der Waals surface area (Å²) < 4.78 is 1.60. The first-order chi connectivity index (χ1) is 7.61. The lowest BCUT2D eigenvalue weighted by Gasteiger charge is -2.34. The van der Waals surface area contributed by atoms with Crippen LogP contribution in [0.5, 0.6) is 0 Å². The third kappa shape index (κ3) is 2.24. The van der Waals surface area contributed by atoms with Crippen LogP contribution >= 0.6 is 0 Å². The number of nitrogens with zero attached hydrogens (tertiary/aromatic N) is 2. The molecule has 1 aliphatic rings. The Morgan fingerprint density at radius 2 is 2.25 bits per heavy atom. The fraction of sp³-hybridized carbons (Fsp3) is 0.636. The van der Waals surface area contributed by atoms with Gasteiger partial charge in [0.2, 0.25) is 0 Å². The van der Waals surface area contributed by atoms with Gasteiger partial charge in [-0.25, -0.2) is 0 Å². The summed E-state index contributed by atoms with van der Waals surface area (Å²) in [6.45, 7) is 4.02. The Labute approximate surface area is 95.2 Å². The van der Waals surface area contributed by atoms with E-state index in [-0.39, 0.29) is 11.4 Å². The Morgan fingerprint density at radius 3 is 2.81 bits per heavy atom. The topological polar surface area (TPSA) is 59.0 Å². The van der Waals surface area contributed by atoms with Crippen molar-refractivity contribution in [2.75, 3.05) is 13.1 Å². The van der Waals surface area contributed by atoms with E-state index >= 15 is 0 Å². The highest BCUT2D eigenvalue weighted by Gasteiger charge is 2.29. The van der Waals surface area contributed by atoms with E-state index in [9.17, 15) is 4.79 Å². The first kappa shape index (κ1) is 11.1. The van der Waals surface area contributed by atoms with Crippen LogP contribution in [0.4, 0.5) is 0 Å². The minimum Gasteiger partial charge on any atom is -0.345 e. The van der Waals surface area contributed by atoms with Crippen LogP contribution in [0.2, 0.25) is 0 Å². The first-order valence-electron chi connectivity index (χ1n) is 5.62. The molecule has 2 rings (SSSR count). The summed E-state index contributed by atoms with van der Waals surface area (Å²) in [6, 6.07) is 1.74. The molecule has 0 atom stereocenters. The second-order valence-corrected chi connectivity index (χ2v) is 4.60. The Morgan fingerprint density at radius 1 is 1.56 bits per heavy atom. The lowest BCUT2D eigenvalue weighted by Crippen LogP contribution is -2.52. The van der Waals surface area contributed by atoms with Crippen molar-refractivity contribution in [3.63, 3.8) is 0 Å². The molecular weight excluding hydrogens is 204 g/mol. The summed E-state index contributed by atoms with van der Waals surface area (Å²) in [5, 5.41) is 10.4. The minimum absolute atomic E-state index is 0.0376. The molecule has 2 N–H and O–H groups in total. The third-order valence-electron chi connectivity index (χ3n) is 3.18. The van der Waals surface area contributed by atoms with Crippen molar-refractivity contribution in [1.82, 2.24) is 20.4 Å². The normalized spacial score (nSPS) is 19.4. The fourth-order valence-corrected chi connectivity index (χ4v) is 2.04. The molecule has 1 aromatic heterocycles. The Balaban J connectivity index is 2.04. The lowest BCUT2D eigenvalue weighted by atomic mass is 9.90. The van der Waals surface area contributed by atoms with Crippen LogP contribution in [0, 0.1) is 0 Å². The lowest BCUT2D eigenvalue weighted by molar-refractivity contribution is 0.0878. The monoisotopic (exact) mass is 222 g/mol. The van der Waals surface area contributed by atoms with Gasteiger partial charge in [-0.15, -0.1) is 0 Å². The van der Waals surface area contributed by atoms with Crippen molar-refractivity contribution >= 4 is 5.91 Å². The van der Waals surface area contributed by atoms with Crippen molar-refractivity contribution in [3.05, 3.63) is 18.0 Å². The van der Waals surface area contributed by atoms with Crippen LogP contribution in [-0.4, -0.2) is 34.3 Å². The number of piperidine rings is 1. The van der Waals surface area contributed by atoms with Gasteiger partial charge in [0.15, 0.2) is 0 Å². The fourth-order valence-electron chi connectivity index (χ4n) is 2.04. The van der Waals surface area contributed by atoms with E-state index in [0.717, 1.165) is 25.9 Å². The predicted octanol–water partition coefficient (Wildman–Crippen LogP) is 0.292. The number of amides is 1. The van der Waals surface area contributed by atoms with Gasteiger partial charge in [0.05, 0.1) is 0 Å². The molecule has 1 amide bonds. The molecule has 5 nitrogen and oxygen atoms in total. The maximum absolute atomic E-state index is 12.0. The molecule has 0 bridgehead atoms. The zero-order chi connectivity index (χ0) is 11.6. The van der Waals surface area contributed by atoms with Gasteiger partial charge in [-0.3, -0.25) is 9.48 Å². The number of hydrogen-bond acceptors (Lipinski definition) is 3. The van der Waals surface area contributed by atoms with E-state index in [0.29, 0.717) is 5.69 Å². The third-order valence-corrected chi connectivity index (χ3v) is 3.18. The number of aromatic nitrogens is 2. The molecule has 5 heteroatoms. The number of hydrogen-bond donors (Lipinski definition) is 2. The van der Waals surface area contributed by atoms with Gasteiger partial charge in [0.1, 0.15) is 5.69 Å². The Bertz CT molecular complexity index is 379. The summed E-state index contributed by atoms with van der Waals surface area (Å²) in [5.74, 6) is -0.0376. The molecule has 1 fully saturated rings. The smallest absolute Gasteiger partial charge is 0.269 e. The maximum atomic E-state index is 12.0. The van der Waals surface area contributed by atoms with Gasteiger partial charge in [-0.05, 0) is 38.9 Å². The number of carbonyl (C=O) groups excluding carboxylic acids is 1. The van der Waals surface area contributed by atoms with Crippen molar-refractivity contribution < 1.29 is 4.79 Å². The highest BCUT2D eigenvalue weighted by atomic mass is 16.2. The zero-order valence-electron chi connectivity index (χ0n) is 9.79. The molecule has 1 saturated heterocycles. The highest BCUT2D eigenvalue weighted by Crippen LogP contribution is 2.17. The van der Waals surface area contributed by atoms with Crippen molar-refractivity contribution in [2.45, 2.75) is 25.3 Å². The standard InChI is InChI=1S/C11H18N4O/c1-11(4-7-12-8-5-11)14-10(16)9-3-6-13-15(9)2/h3,6,12H,4-5,7-8H2,1-2H3,(H,14,16). The highest BCUT2D eigenvalue weighted by molar-refractivity contribution is 5.92. The number of carbonyl (C=O) groups is 1. The molecule has 0 aliphatic carbocycles. The minimum atomic E-state index is -0.0907. The summed E-state index contributed by atoms with van der Waals surface area (Å²) in [6.07, 6.45) is 3.58. The van der Waals surface area contributed by atoms with Gasteiger partial charge < -0.3 is 10.6 Å². The van der Waals surface area contributed by atoms with E-state index in [2.05, 4.69) is 22.7 Å². The Kier molecular flexibility index (Phi) is 2.96. The summed E-state index contributed by atoms with van der Waals surface area (Å²) in [7, 11) is 1.78. The molecule has 0 aromatic carbocycles. The van der Waals surface area contributed by atoms with Crippen LogP contribution in [0.1, 0.15) is 30.3 Å². The van der Waals surface area contributed by atoms with Crippen LogP contribution in [0.25, 0.3) is 0 Å². The second kappa shape index (κ2) is 4.25. The van der Waals surface area contributed by atoms with Crippen molar-refractivity contribution in [1.29, 1.82) is 0 Å². The predicted molar refractivity (Wildman–Crippen MR) is 61.2 cm³/mol. The number of rotatable bonds is 2. The number of nitrogens with one attached hydrogen (secondary N) is 2. The molecule has 0 saturated carbocycles. The van der Waals surface area contributed by atoms with Gasteiger partial charge in [-0.2, -0.15) is 5.10 Å². The average Bonchev–Trinajstić information content (AvgIpc) is 2.65.